The molecule has 0 fully saturated rings. The van der Waals surface area contributed by atoms with Gasteiger partial charge in [-0.2, -0.15) is 0 Å². The van der Waals surface area contributed by atoms with Crippen molar-refractivity contribution in [1.82, 2.24) is 0 Å². The quantitative estimate of drug-likeness (QED) is 0.774. The first-order valence-electron chi connectivity index (χ1n) is 7.58. The van der Waals surface area contributed by atoms with Gasteiger partial charge in [0, 0.05) is 5.41 Å². The summed E-state index contributed by atoms with van der Waals surface area (Å²) in [6, 6.07) is 9.69. The highest BCUT2D eigenvalue weighted by Gasteiger charge is 2.35. The van der Waals surface area contributed by atoms with Crippen LogP contribution in [0.4, 0.5) is 10.1 Å². The van der Waals surface area contributed by atoms with Crippen LogP contribution in [0.1, 0.15) is 0 Å². The first-order valence-corrected chi connectivity index (χ1v) is 10.7. The molecular weight excluding hydrogens is 381 g/mol. The van der Waals surface area contributed by atoms with Gasteiger partial charge in [0.25, 0.3) is 10.0 Å². The molecule has 26 heavy (non-hydrogen) atoms. The molecule has 0 aromatic heterocycles. The summed E-state index contributed by atoms with van der Waals surface area (Å²) >= 11 is 0. The molecule has 2 aromatic rings. The van der Waals surface area contributed by atoms with Crippen molar-refractivity contribution in [2.75, 3.05) is 17.2 Å². The second-order valence-electron chi connectivity index (χ2n) is 5.68. The number of benzene rings is 2. The van der Waals surface area contributed by atoms with Crippen LogP contribution in [0, 0.1) is 5.82 Å². The van der Waals surface area contributed by atoms with Gasteiger partial charge in [-0.05, 0) is 54.6 Å². The number of hydrogen-bond acceptors (Lipinski definition) is 5. The van der Waals surface area contributed by atoms with E-state index in [4.69, 9.17) is 4.74 Å². The molecule has 0 saturated carbocycles. The maximum absolute atomic E-state index is 13.2. The smallest absolute Gasteiger partial charge is 0.264 e. The zero-order valence-electron chi connectivity index (χ0n) is 13.7. The Morgan fingerprint density at radius 2 is 1.69 bits per heavy atom. The number of sulfone groups is 1. The fourth-order valence-corrected chi connectivity index (χ4v) is 5.63. The largest absolute Gasteiger partial charge is 0.497 e. The lowest BCUT2D eigenvalue weighted by molar-refractivity contribution is 0.415. The summed E-state index contributed by atoms with van der Waals surface area (Å²) in [5.41, 5.74) is 0.280. The van der Waals surface area contributed by atoms with Crippen LogP contribution in [0.15, 0.2) is 64.9 Å². The Morgan fingerprint density at radius 1 is 1.08 bits per heavy atom. The Labute approximate surface area is 151 Å². The van der Waals surface area contributed by atoms with Gasteiger partial charge >= 0.3 is 0 Å². The van der Waals surface area contributed by atoms with Crippen LogP contribution in [0.2, 0.25) is 0 Å². The molecule has 1 heterocycles. The summed E-state index contributed by atoms with van der Waals surface area (Å²) in [6.45, 7) is 0. The summed E-state index contributed by atoms with van der Waals surface area (Å²) in [4.78, 5) is -0.132. The number of anilines is 1. The minimum absolute atomic E-state index is 0.132. The lowest BCUT2D eigenvalue weighted by atomic mass is 10.2. The van der Waals surface area contributed by atoms with E-state index in [0.717, 1.165) is 34.0 Å². The van der Waals surface area contributed by atoms with Crippen LogP contribution in [-0.2, 0) is 19.9 Å². The molecule has 138 valence electrons. The molecule has 9 heteroatoms. The number of halogens is 1. The number of ether oxygens (including phenoxy) is 1. The average Bonchev–Trinajstić information content (AvgIpc) is 2.95. The van der Waals surface area contributed by atoms with Gasteiger partial charge < -0.3 is 4.74 Å². The van der Waals surface area contributed by atoms with Crippen molar-refractivity contribution >= 4 is 25.5 Å². The van der Waals surface area contributed by atoms with Crippen molar-refractivity contribution in [2.45, 2.75) is 10.9 Å². The van der Waals surface area contributed by atoms with Crippen molar-refractivity contribution in [3.8, 4) is 5.75 Å². The van der Waals surface area contributed by atoms with Crippen LogP contribution in [0.25, 0.3) is 0 Å². The summed E-state index contributed by atoms with van der Waals surface area (Å²) in [5, 5.41) is 1.01. The predicted octanol–water partition coefficient (Wildman–Crippen LogP) is 2.34. The topological polar surface area (TPSA) is 80.8 Å². The average molecular weight is 397 g/mol. The molecule has 0 aliphatic carbocycles. The fraction of sp³-hybridized carbons (Fsp3) is 0.176. The predicted molar refractivity (Wildman–Crippen MR) is 95.8 cm³/mol. The van der Waals surface area contributed by atoms with Crippen LogP contribution < -0.4 is 9.04 Å². The Balaban J connectivity index is 2.10. The van der Waals surface area contributed by atoms with Crippen LogP contribution in [0.3, 0.4) is 0 Å². The van der Waals surface area contributed by atoms with Gasteiger partial charge in [-0.25, -0.2) is 21.2 Å². The lowest BCUT2D eigenvalue weighted by Gasteiger charge is -2.29. The van der Waals surface area contributed by atoms with Gasteiger partial charge in [-0.1, -0.05) is 0 Å². The Morgan fingerprint density at radius 3 is 2.19 bits per heavy atom. The number of methoxy groups -OCH3 is 1. The van der Waals surface area contributed by atoms with Gasteiger partial charge in [0.1, 0.15) is 11.6 Å². The second-order valence-corrected chi connectivity index (χ2v) is 9.42. The summed E-state index contributed by atoms with van der Waals surface area (Å²) in [6.07, 6.45) is 1.33. The maximum atomic E-state index is 13.2. The zero-order chi connectivity index (χ0) is 18.9. The minimum atomic E-state index is -4.11. The lowest BCUT2D eigenvalue weighted by Crippen LogP contribution is -2.41. The van der Waals surface area contributed by atoms with Gasteiger partial charge in [-0.15, -0.1) is 0 Å². The van der Waals surface area contributed by atoms with Gasteiger partial charge in [0.15, 0.2) is 9.84 Å². The fourth-order valence-electron chi connectivity index (χ4n) is 2.66. The highest BCUT2D eigenvalue weighted by Crippen LogP contribution is 2.31. The third kappa shape index (κ3) is 3.58. The molecule has 2 aromatic carbocycles. The molecule has 1 aliphatic rings. The van der Waals surface area contributed by atoms with Crippen molar-refractivity contribution in [1.29, 1.82) is 0 Å². The molecule has 6 nitrogen and oxygen atoms in total. The molecule has 0 N–H and O–H groups in total. The molecule has 0 unspecified atom stereocenters. The summed E-state index contributed by atoms with van der Waals surface area (Å²) < 4.78 is 69.2. The van der Waals surface area contributed by atoms with Crippen LogP contribution >= 0.6 is 0 Å². The van der Waals surface area contributed by atoms with E-state index in [0.29, 0.717) is 5.75 Å². The molecule has 0 spiro atoms. The van der Waals surface area contributed by atoms with E-state index in [1.807, 2.05) is 0 Å². The molecule has 1 atom stereocenters. The van der Waals surface area contributed by atoms with Crippen LogP contribution in [0.5, 0.6) is 5.75 Å². The number of sulfonamides is 1. The highest BCUT2D eigenvalue weighted by molar-refractivity contribution is 7.95. The zero-order valence-corrected chi connectivity index (χ0v) is 15.4. The van der Waals surface area contributed by atoms with Crippen molar-refractivity contribution < 1.29 is 26.0 Å². The third-order valence-corrected chi connectivity index (χ3v) is 7.16. The van der Waals surface area contributed by atoms with E-state index in [2.05, 4.69) is 0 Å². The van der Waals surface area contributed by atoms with Crippen LogP contribution in [-0.4, -0.2) is 35.7 Å². The Kier molecular flexibility index (Phi) is 4.76. The molecular formula is C17H16FNO5S2. The Bertz CT molecular complexity index is 1030. The van der Waals surface area contributed by atoms with E-state index in [1.54, 1.807) is 12.1 Å². The molecule has 0 saturated heterocycles. The van der Waals surface area contributed by atoms with Crippen molar-refractivity contribution in [3.63, 3.8) is 0 Å². The van der Waals surface area contributed by atoms with E-state index < -0.39 is 31.7 Å². The first-order chi connectivity index (χ1) is 12.2. The standard InChI is InChI=1S/C17H16FNO5S2/c1-24-16-6-4-14(5-7-16)19(15-10-11-25(20,21)12-15)26(22,23)17-8-2-13(18)3-9-17/h2-11,15H,12H2,1H3/t15-/m1/s1. The third-order valence-electron chi connectivity index (χ3n) is 3.91. The van der Waals surface area contributed by atoms with E-state index in [-0.39, 0.29) is 16.3 Å². The SMILES string of the molecule is COc1ccc(N([C@@H]2C=CS(=O)(=O)C2)S(=O)(=O)c2ccc(F)cc2)cc1. The summed E-state index contributed by atoms with van der Waals surface area (Å²) in [7, 11) is -6.12. The van der Waals surface area contributed by atoms with E-state index in [1.165, 1.54) is 25.3 Å². The van der Waals surface area contributed by atoms with Crippen molar-refractivity contribution in [2.24, 2.45) is 0 Å². The highest BCUT2D eigenvalue weighted by atomic mass is 32.2. The van der Waals surface area contributed by atoms with E-state index >= 15 is 0 Å². The maximum Gasteiger partial charge on any atom is 0.264 e. The van der Waals surface area contributed by atoms with Gasteiger partial charge in [-0.3, -0.25) is 4.31 Å². The summed E-state index contributed by atoms with van der Waals surface area (Å²) in [5.74, 6) is -0.398. The normalized spacial score (nSPS) is 18.6. The Hall–Kier alpha value is -2.39. The molecule has 0 radical (unpaired) electrons. The molecule has 0 amide bonds. The monoisotopic (exact) mass is 397 g/mol. The number of hydrogen-bond donors (Lipinski definition) is 0. The van der Waals surface area contributed by atoms with Gasteiger partial charge in [0.2, 0.25) is 0 Å². The number of nitrogens with zero attached hydrogens (tertiary/aromatic N) is 1. The molecule has 1 aliphatic heterocycles. The number of rotatable bonds is 5. The minimum Gasteiger partial charge on any atom is -0.497 e. The van der Waals surface area contributed by atoms with Crippen molar-refractivity contribution in [3.05, 3.63) is 65.8 Å². The van der Waals surface area contributed by atoms with Gasteiger partial charge in [0.05, 0.1) is 29.5 Å². The van der Waals surface area contributed by atoms with E-state index in [9.17, 15) is 21.2 Å². The molecule has 3 rings (SSSR count). The molecule has 0 bridgehead atoms. The second kappa shape index (κ2) is 6.73. The first kappa shape index (κ1) is 18.4.